The fourth-order valence-corrected chi connectivity index (χ4v) is 4.49. The predicted molar refractivity (Wildman–Crippen MR) is 135 cm³/mol. The largest absolute Gasteiger partial charge is 0.390 e. The van der Waals surface area contributed by atoms with E-state index in [1.165, 1.54) is 17.5 Å². The van der Waals surface area contributed by atoms with Gasteiger partial charge in [0, 0.05) is 24.5 Å². The Morgan fingerprint density at radius 1 is 1.20 bits per heavy atom. The summed E-state index contributed by atoms with van der Waals surface area (Å²) in [5.74, 6) is -0.00274. The van der Waals surface area contributed by atoms with Gasteiger partial charge in [-0.05, 0) is 51.5 Å². The Labute approximate surface area is 203 Å². The predicted octanol–water partition coefficient (Wildman–Crippen LogP) is 3.51. The second kappa shape index (κ2) is 8.67. The molecule has 178 valence electrons. The molecule has 0 aliphatic carbocycles. The average molecular weight is 490 g/mol. The summed E-state index contributed by atoms with van der Waals surface area (Å²) in [7, 11) is 0. The summed E-state index contributed by atoms with van der Waals surface area (Å²) in [5.41, 5.74) is 2.56. The molecule has 10 nitrogen and oxygen atoms in total. The highest BCUT2D eigenvalue weighted by Crippen LogP contribution is 2.28. The molecule has 4 aromatic heterocycles. The number of fused-ring (bicyclic) bond motifs is 2. The van der Waals surface area contributed by atoms with Crippen LogP contribution in [0.5, 0.6) is 0 Å². The number of benzene rings is 1. The lowest BCUT2D eigenvalue weighted by atomic mass is 10.1. The van der Waals surface area contributed by atoms with E-state index < -0.39 is 5.60 Å². The number of nitrogens with one attached hydrogen (secondary N) is 2. The number of imidazole rings is 1. The summed E-state index contributed by atoms with van der Waals surface area (Å²) in [6.07, 6.45) is 5.32. The molecule has 0 saturated carbocycles. The lowest BCUT2D eigenvalue weighted by molar-refractivity contribution is 0.0667. The summed E-state index contributed by atoms with van der Waals surface area (Å²) in [4.78, 5) is 45.8. The maximum absolute atomic E-state index is 13.1. The molecule has 4 heterocycles. The Bertz CT molecular complexity index is 1610. The van der Waals surface area contributed by atoms with E-state index in [0.29, 0.717) is 51.0 Å². The maximum Gasteiger partial charge on any atom is 0.269 e. The highest BCUT2D eigenvalue weighted by atomic mass is 32.1. The third-order valence-corrected chi connectivity index (χ3v) is 6.61. The molecule has 0 unspecified atom stereocenters. The van der Waals surface area contributed by atoms with Crippen LogP contribution in [-0.4, -0.2) is 46.1 Å². The van der Waals surface area contributed by atoms with Crippen LogP contribution in [0.25, 0.3) is 32.6 Å². The minimum atomic E-state index is -0.911. The molecule has 0 spiro atoms. The van der Waals surface area contributed by atoms with Gasteiger partial charge in [0.15, 0.2) is 0 Å². The van der Waals surface area contributed by atoms with Gasteiger partial charge >= 0.3 is 0 Å². The zero-order valence-electron chi connectivity index (χ0n) is 19.4. The minimum Gasteiger partial charge on any atom is -0.390 e. The summed E-state index contributed by atoms with van der Waals surface area (Å²) in [5, 5.41) is 13.9. The quantitative estimate of drug-likeness (QED) is 0.332. The number of hydrogen-bond acceptors (Lipinski definition) is 8. The van der Waals surface area contributed by atoms with Gasteiger partial charge in [0.05, 0.1) is 33.9 Å². The molecule has 0 atom stereocenters. The lowest BCUT2D eigenvalue weighted by Crippen LogP contribution is -2.22. The SMILES string of the molecule is Cc1nc2cc3c(cc2[nH]c1=O)nc(NC(=O)c1cnc(-c2ccncc2)s1)n3CCC(C)(C)O. The van der Waals surface area contributed by atoms with Crippen molar-refractivity contribution in [2.75, 3.05) is 5.32 Å². The third kappa shape index (κ3) is 4.68. The summed E-state index contributed by atoms with van der Waals surface area (Å²) < 4.78 is 1.84. The summed E-state index contributed by atoms with van der Waals surface area (Å²) in [6.45, 7) is 5.52. The van der Waals surface area contributed by atoms with E-state index in [-0.39, 0.29) is 11.5 Å². The van der Waals surface area contributed by atoms with Crippen LogP contribution in [0.1, 0.15) is 35.6 Å². The van der Waals surface area contributed by atoms with E-state index in [9.17, 15) is 14.7 Å². The molecule has 0 aliphatic heterocycles. The van der Waals surface area contributed by atoms with Crippen molar-refractivity contribution in [3.63, 3.8) is 0 Å². The fourth-order valence-electron chi connectivity index (χ4n) is 3.67. The van der Waals surface area contributed by atoms with Crippen LogP contribution in [0.4, 0.5) is 5.95 Å². The molecule has 35 heavy (non-hydrogen) atoms. The Balaban J connectivity index is 1.53. The number of H-pyrrole nitrogens is 1. The molecule has 0 aliphatic rings. The Morgan fingerprint density at radius 2 is 1.97 bits per heavy atom. The van der Waals surface area contributed by atoms with E-state index in [4.69, 9.17) is 0 Å². The molecule has 0 fully saturated rings. The molecule has 11 heteroatoms. The second-order valence-electron chi connectivity index (χ2n) is 8.88. The summed E-state index contributed by atoms with van der Waals surface area (Å²) >= 11 is 1.27. The van der Waals surface area contributed by atoms with Gasteiger partial charge in [-0.2, -0.15) is 0 Å². The first kappa shape index (κ1) is 22.8. The lowest BCUT2D eigenvalue weighted by Gasteiger charge is -2.18. The Hall–Kier alpha value is -3.96. The maximum atomic E-state index is 13.1. The number of aromatic nitrogens is 6. The van der Waals surface area contributed by atoms with Gasteiger partial charge in [-0.25, -0.2) is 15.0 Å². The molecule has 0 saturated heterocycles. The van der Waals surface area contributed by atoms with Crippen LogP contribution in [0.2, 0.25) is 0 Å². The number of anilines is 1. The smallest absolute Gasteiger partial charge is 0.269 e. The number of rotatable bonds is 6. The standard InChI is InChI=1S/C24H23N7O3S/c1-13-20(32)28-15-10-17-18(11-16(15)27-13)31(9-6-24(2,3)34)23(29-17)30-21(33)19-12-26-22(35-19)14-4-7-25-8-5-14/h4-5,7-8,10-12,34H,6,9H2,1-3H3,(H,28,32)(H,29,30,33). The van der Waals surface area contributed by atoms with E-state index in [1.54, 1.807) is 39.2 Å². The number of thiazole rings is 1. The zero-order valence-corrected chi connectivity index (χ0v) is 20.2. The van der Waals surface area contributed by atoms with Crippen molar-refractivity contribution < 1.29 is 9.90 Å². The van der Waals surface area contributed by atoms with Crippen LogP contribution >= 0.6 is 11.3 Å². The molecule has 5 aromatic rings. The first-order chi connectivity index (χ1) is 16.7. The van der Waals surface area contributed by atoms with Crippen LogP contribution in [0.15, 0.2) is 47.7 Å². The van der Waals surface area contributed by atoms with Crippen LogP contribution in [-0.2, 0) is 6.54 Å². The summed E-state index contributed by atoms with van der Waals surface area (Å²) in [6, 6.07) is 7.24. The Morgan fingerprint density at radius 3 is 2.71 bits per heavy atom. The van der Waals surface area contributed by atoms with Crippen molar-refractivity contribution in [1.29, 1.82) is 0 Å². The van der Waals surface area contributed by atoms with Crippen molar-refractivity contribution in [2.24, 2.45) is 0 Å². The molecule has 0 bridgehead atoms. The van der Waals surface area contributed by atoms with E-state index in [0.717, 1.165) is 11.1 Å². The first-order valence-electron chi connectivity index (χ1n) is 11.0. The highest BCUT2D eigenvalue weighted by Gasteiger charge is 2.20. The number of carbonyl (C=O) groups is 1. The number of pyridine rings is 1. The van der Waals surface area contributed by atoms with Gasteiger partial charge in [0.1, 0.15) is 15.6 Å². The molecular formula is C24H23N7O3S. The van der Waals surface area contributed by atoms with Crippen LogP contribution < -0.4 is 10.9 Å². The highest BCUT2D eigenvalue weighted by molar-refractivity contribution is 7.17. The molecule has 3 N–H and O–H groups in total. The normalized spacial score (nSPS) is 11.9. The van der Waals surface area contributed by atoms with Crippen LogP contribution in [0.3, 0.4) is 0 Å². The molecular weight excluding hydrogens is 466 g/mol. The van der Waals surface area contributed by atoms with E-state index in [2.05, 4.69) is 30.2 Å². The first-order valence-corrected chi connectivity index (χ1v) is 11.8. The number of amides is 1. The van der Waals surface area contributed by atoms with Gasteiger partial charge in [0.25, 0.3) is 11.5 Å². The van der Waals surface area contributed by atoms with Gasteiger partial charge in [-0.1, -0.05) is 0 Å². The fraction of sp³-hybridized carbons (Fsp3) is 0.250. The van der Waals surface area contributed by atoms with E-state index >= 15 is 0 Å². The molecule has 5 rings (SSSR count). The minimum absolute atomic E-state index is 0.262. The van der Waals surface area contributed by atoms with Crippen LogP contribution in [0, 0.1) is 6.92 Å². The number of aromatic amines is 1. The van der Waals surface area contributed by atoms with Crippen molar-refractivity contribution >= 4 is 45.3 Å². The zero-order chi connectivity index (χ0) is 24.7. The number of hydrogen-bond donors (Lipinski definition) is 3. The van der Waals surface area contributed by atoms with Crippen molar-refractivity contribution in [2.45, 2.75) is 39.3 Å². The monoisotopic (exact) mass is 489 g/mol. The number of nitrogens with zero attached hydrogens (tertiary/aromatic N) is 5. The molecule has 1 amide bonds. The van der Waals surface area contributed by atoms with Gasteiger partial charge in [0.2, 0.25) is 5.95 Å². The van der Waals surface area contributed by atoms with Gasteiger partial charge < -0.3 is 14.7 Å². The second-order valence-corrected chi connectivity index (χ2v) is 9.91. The van der Waals surface area contributed by atoms with Crippen molar-refractivity contribution in [3.05, 3.63) is 63.8 Å². The van der Waals surface area contributed by atoms with Gasteiger partial charge in [-0.15, -0.1) is 11.3 Å². The number of carbonyl (C=O) groups excluding carboxylic acids is 1. The van der Waals surface area contributed by atoms with Gasteiger partial charge in [-0.3, -0.25) is 19.9 Å². The molecule has 0 radical (unpaired) electrons. The van der Waals surface area contributed by atoms with E-state index in [1.807, 2.05) is 22.8 Å². The third-order valence-electron chi connectivity index (χ3n) is 5.56. The molecule has 1 aromatic carbocycles. The average Bonchev–Trinajstić information content (AvgIpc) is 3.42. The topological polar surface area (TPSA) is 139 Å². The van der Waals surface area contributed by atoms with Crippen molar-refractivity contribution in [1.82, 2.24) is 29.5 Å². The Kier molecular flexibility index (Phi) is 5.65. The number of aryl methyl sites for hydroxylation is 2. The van der Waals surface area contributed by atoms with Crippen molar-refractivity contribution in [3.8, 4) is 10.6 Å². The number of aliphatic hydroxyl groups is 1.